The number of aryl methyl sites for hydroxylation is 1. The summed E-state index contributed by atoms with van der Waals surface area (Å²) in [5, 5.41) is 6.74. The van der Waals surface area contributed by atoms with Crippen molar-refractivity contribution in [2.45, 2.75) is 19.9 Å². The van der Waals surface area contributed by atoms with E-state index in [1.54, 1.807) is 14.2 Å². The smallest absolute Gasteiger partial charge is 0.246 e. The Morgan fingerprint density at radius 1 is 1.15 bits per heavy atom. The van der Waals surface area contributed by atoms with Crippen molar-refractivity contribution >= 4 is 5.91 Å². The molecule has 0 radical (unpaired) electrons. The Kier molecular flexibility index (Phi) is 5.71. The first-order chi connectivity index (χ1) is 13.1. The lowest BCUT2D eigenvalue weighted by Crippen LogP contribution is -2.24. The van der Waals surface area contributed by atoms with Crippen LogP contribution in [-0.2, 0) is 17.8 Å². The first-order valence-electron chi connectivity index (χ1n) is 8.46. The van der Waals surface area contributed by atoms with Crippen molar-refractivity contribution in [1.82, 2.24) is 15.5 Å². The zero-order chi connectivity index (χ0) is 19.2. The molecule has 0 bridgehead atoms. The Morgan fingerprint density at radius 3 is 2.74 bits per heavy atom. The maximum atomic E-state index is 12.2. The number of carbonyl (C=O) groups is 1. The van der Waals surface area contributed by atoms with Crippen LogP contribution in [-0.4, -0.2) is 30.3 Å². The maximum absolute atomic E-state index is 12.2. The lowest BCUT2D eigenvalue weighted by molar-refractivity contribution is -0.120. The third-order valence-electron chi connectivity index (χ3n) is 4.06. The van der Waals surface area contributed by atoms with Crippen molar-refractivity contribution < 1.29 is 18.8 Å². The number of aromatic nitrogens is 2. The van der Waals surface area contributed by atoms with Gasteiger partial charge >= 0.3 is 0 Å². The number of methoxy groups -OCH3 is 2. The van der Waals surface area contributed by atoms with E-state index in [2.05, 4.69) is 15.5 Å². The van der Waals surface area contributed by atoms with Crippen molar-refractivity contribution in [3.05, 3.63) is 59.5 Å². The summed E-state index contributed by atoms with van der Waals surface area (Å²) in [5.74, 6) is 2.17. The lowest BCUT2D eigenvalue weighted by Gasteiger charge is -2.07. The van der Waals surface area contributed by atoms with Gasteiger partial charge in [0.2, 0.25) is 17.6 Å². The third kappa shape index (κ3) is 4.63. The molecule has 7 nitrogen and oxygen atoms in total. The molecule has 0 aliphatic rings. The van der Waals surface area contributed by atoms with Crippen molar-refractivity contribution in [3.8, 4) is 22.9 Å². The molecule has 3 rings (SSSR count). The molecule has 140 valence electrons. The van der Waals surface area contributed by atoms with Crippen LogP contribution in [0.5, 0.6) is 11.5 Å². The number of ether oxygens (including phenoxy) is 2. The van der Waals surface area contributed by atoms with Gasteiger partial charge in [-0.2, -0.15) is 4.98 Å². The van der Waals surface area contributed by atoms with Crippen molar-refractivity contribution in [3.63, 3.8) is 0 Å². The Morgan fingerprint density at radius 2 is 2.00 bits per heavy atom. The summed E-state index contributed by atoms with van der Waals surface area (Å²) in [6.45, 7) is 2.11. The highest BCUT2D eigenvalue weighted by Crippen LogP contribution is 2.21. The van der Waals surface area contributed by atoms with E-state index in [0.717, 1.165) is 22.4 Å². The summed E-state index contributed by atoms with van der Waals surface area (Å²) in [4.78, 5) is 16.5. The summed E-state index contributed by atoms with van der Waals surface area (Å²) < 4.78 is 15.6. The standard InChI is InChI=1S/C20H21N3O4/c1-13-9-14(7-8-17(13)26-3)10-18(24)21-12-19-22-20(23-27-19)15-5-4-6-16(11-15)25-2/h4-9,11H,10,12H2,1-3H3,(H,21,24). The van der Waals surface area contributed by atoms with Crippen LogP contribution in [0.2, 0.25) is 0 Å². The molecule has 3 aromatic rings. The molecule has 0 atom stereocenters. The van der Waals surface area contributed by atoms with Gasteiger partial charge in [0.1, 0.15) is 11.5 Å². The molecule has 27 heavy (non-hydrogen) atoms. The minimum Gasteiger partial charge on any atom is -0.497 e. The van der Waals surface area contributed by atoms with Gasteiger partial charge in [0, 0.05) is 5.56 Å². The predicted octanol–water partition coefficient (Wildman–Crippen LogP) is 2.92. The minimum absolute atomic E-state index is 0.124. The second-order valence-electron chi connectivity index (χ2n) is 6.00. The Balaban J connectivity index is 1.58. The minimum atomic E-state index is -0.124. The predicted molar refractivity (Wildman–Crippen MR) is 99.6 cm³/mol. The van der Waals surface area contributed by atoms with Gasteiger partial charge in [-0.25, -0.2) is 0 Å². The number of nitrogens with zero attached hydrogens (tertiary/aromatic N) is 2. The van der Waals surface area contributed by atoms with E-state index in [9.17, 15) is 4.79 Å². The normalized spacial score (nSPS) is 10.5. The van der Waals surface area contributed by atoms with Gasteiger partial charge in [0.25, 0.3) is 0 Å². The van der Waals surface area contributed by atoms with Crippen molar-refractivity contribution in [2.75, 3.05) is 14.2 Å². The van der Waals surface area contributed by atoms with Crippen LogP contribution in [0.25, 0.3) is 11.4 Å². The largest absolute Gasteiger partial charge is 0.497 e. The molecule has 1 amide bonds. The van der Waals surface area contributed by atoms with E-state index >= 15 is 0 Å². The Bertz CT molecular complexity index is 936. The van der Waals surface area contributed by atoms with Gasteiger partial charge in [0.05, 0.1) is 27.2 Å². The third-order valence-corrected chi connectivity index (χ3v) is 4.06. The van der Waals surface area contributed by atoms with Crippen LogP contribution < -0.4 is 14.8 Å². The Hall–Kier alpha value is -3.35. The molecule has 1 aromatic heterocycles. The molecule has 0 aliphatic heterocycles. The lowest BCUT2D eigenvalue weighted by atomic mass is 10.1. The number of benzene rings is 2. The fourth-order valence-electron chi connectivity index (χ4n) is 2.68. The highest BCUT2D eigenvalue weighted by Gasteiger charge is 2.11. The molecule has 0 unspecified atom stereocenters. The van der Waals surface area contributed by atoms with Crippen LogP contribution in [0, 0.1) is 6.92 Å². The molecule has 0 spiro atoms. The molecule has 0 aliphatic carbocycles. The molecular formula is C20H21N3O4. The zero-order valence-electron chi connectivity index (χ0n) is 15.5. The first kappa shape index (κ1) is 18.4. The topological polar surface area (TPSA) is 86.5 Å². The van der Waals surface area contributed by atoms with Crippen molar-refractivity contribution in [1.29, 1.82) is 0 Å². The highest BCUT2D eigenvalue weighted by molar-refractivity contribution is 5.78. The van der Waals surface area contributed by atoms with E-state index in [1.165, 1.54) is 0 Å². The highest BCUT2D eigenvalue weighted by atomic mass is 16.5. The van der Waals surface area contributed by atoms with E-state index in [4.69, 9.17) is 14.0 Å². The van der Waals surface area contributed by atoms with Gasteiger partial charge in [-0.05, 0) is 36.2 Å². The molecule has 2 aromatic carbocycles. The number of hydrogen-bond donors (Lipinski definition) is 1. The summed E-state index contributed by atoms with van der Waals surface area (Å²) in [6.07, 6.45) is 0.266. The number of rotatable bonds is 7. The van der Waals surface area contributed by atoms with Crippen molar-refractivity contribution in [2.24, 2.45) is 0 Å². The van der Waals surface area contributed by atoms with Crippen LogP contribution in [0.4, 0.5) is 0 Å². The molecule has 1 heterocycles. The second kappa shape index (κ2) is 8.35. The Labute approximate surface area is 157 Å². The first-order valence-corrected chi connectivity index (χ1v) is 8.46. The number of nitrogens with one attached hydrogen (secondary N) is 1. The average molecular weight is 367 g/mol. The molecule has 0 saturated carbocycles. The molecule has 0 fully saturated rings. The second-order valence-corrected chi connectivity index (χ2v) is 6.00. The number of amides is 1. The van der Waals surface area contributed by atoms with E-state index < -0.39 is 0 Å². The fourth-order valence-corrected chi connectivity index (χ4v) is 2.68. The summed E-state index contributed by atoms with van der Waals surface area (Å²) in [6, 6.07) is 13.0. The van der Waals surface area contributed by atoms with E-state index in [0.29, 0.717) is 17.5 Å². The van der Waals surface area contributed by atoms with Gasteiger partial charge in [-0.3, -0.25) is 4.79 Å². The quantitative estimate of drug-likeness (QED) is 0.691. The van der Waals surface area contributed by atoms with Gasteiger partial charge in [-0.15, -0.1) is 0 Å². The monoisotopic (exact) mass is 367 g/mol. The summed E-state index contributed by atoms with van der Waals surface area (Å²) in [5.41, 5.74) is 2.68. The van der Waals surface area contributed by atoms with Crippen LogP contribution in [0.3, 0.4) is 0 Å². The fraction of sp³-hybridized carbons (Fsp3) is 0.250. The molecular weight excluding hydrogens is 346 g/mol. The van der Waals surface area contributed by atoms with E-state index in [1.807, 2.05) is 49.4 Å². The summed E-state index contributed by atoms with van der Waals surface area (Å²) >= 11 is 0. The number of hydrogen-bond acceptors (Lipinski definition) is 6. The molecule has 1 N–H and O–H groups in total. The maximum Gasteiger partial charge on any atom is 0.246 e. The number of carbonyl (C=O) groups excluding carboxylic acids is 1. The van der Waals surface area contributed by atoms with E-state index in [-0.39, 0.29) is 18.9 Å². The van der Waals surface area contributed by atoms with Gasteiger partial charge in [-0.1, -0.05) is 29.4 Å². The molecule has 7 heteroatoms. The zero-order valence-corrected chi connectivity index (χ0v) is 15.5. The van der Waals surface area contributed by atoms with Crippen LogP contribution in [0.1, 0.15) is 17.0 Å². The SMILES string of the molecule is COc1cccc(-c2noc(CNC(=O)Cc3ccc(OC)c(C)c3)n2)c1. The van der Waals surface area contributed by atoms with Crippen LogP contribution >= 0.6 is 0 Å². The van der Waals surface area contributed by atoms with Gasteiger partial charge < -0.3 is 19.3 Å². The summed E-state index contributed by atoms with van der Waals surface area (Å²) in [7, 11) is 3.22. The van der Waals surface area contributed by atoms with Crippen LogP contribution in [0.15, 0.2) is 47.0 Å². The van der Waals surface area contributed by atoms with Gasteiger partial charge in [0.15, 0.2) is 0 Å². The molecule has 0 saturated heterocycles. The average Bonchev–Trinajstić information content (AvgIpc) is 3.16.